The van der Waals surface area contributed by atoms with Crippen molar-refractivity contribution in [2.75, 3.05) is 6.61 Å². The van der Waals surface area contributed by atoms with Crippen molar-refractivity contribution >= 4 is 5.91 Å². The maximum Gasteiger partial charge on any atom is 0.297 e. The molecule has 1 amide bonds. The van der Waals surface area contributed by atoms with E-state index in [4.69, 9.17) is 5.11 Å². The fourth-order valence-corrected chi connectivity index (χ4v) is 0.458. The summed E-state index contributed by atoms with van der Waals surface area (Å²) in [5, 5.41) is 8.65. The average molecular weight is 116 g/mol. The van der Waals surface area contributed by atoms with Gasteiger partial charge in [0.1, 0.15) is 6.10 Å². The minimum Gasteiger partial charge on any atom is -0.383 e. The van der Waals surface area contributed by atoms with Crippen LogP contribution in [-0.2, 0) is 9.63 Å². The lowest BCUT2D eigenvalue weighted by molar-refractivity contribution is -0.153. The predicted octanol–water partition coefficient (Wildman–Crippen LogP) is -1.19. The normalized spacial score (nSPS) is 29.6. The van der Waals surface area contributed by atoms with Crippen molar-refractivity contribution in [1.82, 2.24) is 5.48 Å². The highest BCUT2D eigenvalue weighted by Crippen LogP contribution is 1.98. The molecular formula is C4H6NO3. The molecule has 0 spiro atoms. The molecule has 1 unspecified atom stereocenters. The molecule has 1 N–H and O–H groups in total. The molecule has 0 bridgehead atoms. The van der Waals surface area contributed by atoms with Crippen molar-refractivity contribution < 1.29 is 14.7 Å². The van der Waals surface area contributed by atoms with Gasteiger partial charge in [0.05, 0.1) is 6.61 Å². The lowest BCUT2D eigenvalue weighted by atomic mass is 10.2. The summed E-state index contributed by atoms with van der Waals surface area (Å²) in [4.78, 5) is 14.6. The molecule has 1 fully saturated rings. The van der Waals surface area contributed by atoms with Gasteiger partial charge in [0, 0.05) is 6.42 Å². The molecule has 1 rings (SSSR count). The molecule has 1 aliphatic heterocycles. The van der Waals surface area contributed by atoms with Crippen LogP contribution in [0.3, 0.4) is 0 Å². The molecule has 0 aliphatic carbocycles. The van der Waals surface area contributed by atoms with E-state index in [9.17, 15) is 4.79 Å². The van der Waals surface area contributed by atoms with Gasteiger partial charge in [-0.25, -0.2) is 4.84 Å². The molecule has 1 saturated heterocycles. The van der Waals surface area contributed by atoms with Crippen LogP contribution in [0.2, 0.25) is 0 Å². The van der Waals surface area contributed by atoms with E-state index in [2.05, 4.69) is 10.3 Å². The fourth-order valence-electron chi connectivity index (χ4n) is 0.458. The molecule has 1 atom stereocenters. The molecule has 4 nitrogen and oxygen atoms in total. The Bertz CT molecular complexity index is 103. The molecular weight excluding hydrogens is 110 g/mol. The number of hydrogen-bond acceptors (Lipinski definition) is 3. The SMILES string of the molecule is O=C1[N]OCCC1O. The van der Waals surface area contributed by atoms with Gasteiger partial charge in [-0.15, -0.1) is 0 Å². The van der Waals surface area contributed by atoms with Crippen LogP contribution < -0.4 is 5.48 Å². The largest absolute Gasteiger partial charge is 0.383 e. The Morgan fingerprint density at radius 1 is 1.88 bits per heavy atom. The zero-order valence-electron chi connectivity index (χ0n) is 4.20. The van der Waals surface area contributed by atoms with Crippen molar-refractivity contribution in [3.05, 3.63) is 0 Å². The molecule has 0 saturated carbocycles. The van der Waals surface area contributed by atoms with Crippen LogP contribution in [0.15, 0.2) is 0 Å². The van der Waals surface area contributed by atoms with Crippen LogP contribution in [-0.4, -0.2) is 23.7 Å². The third kappa shape index (κ3) is 0.962. The lowest BCUT2D eigenvalue weighted by Crippen LogP contribution is -2.35. The van der Waals surface area contributed by atoms with Gasteiger partial charge in [-0.3, -0.25) is 4.79 Å². The number of aliphatic hydroxyl groups excluding tert-OH is 1. The Hall–Kier alpha value is -0.610. The molecule has 0 aromatic heterocycles. The van der Waals surface area contributed by atoms with Crippen LogP contribution in [0.5, 0.6) is 0 Å². The number of aliphatic hydroxyl groups is 1. The van der Waals surface area contributed by atoms with E-state index in [1.807, 2.05) is 0 Å². The molecule has 0 aromatic carbocycles. The number of nitrogens with zero attached hydrogens (tertiary/aromatic N) is 1. The second-order valence-electron chi connectivity index (χ2n) is 1.57. The summed E-state index contributed by atoms with van der Waals surface area (Å²) >= 11 is 0. The third-order valence-electron chi connectivity index (χ3n) is 0.922. The van der Waals surface area contributed by atoms with Gasteiger partial charge in [0.2, 0.25) is 0 Å². The van der Waals surface area contributed by atoms with Crippen LogP contribution in [0.25, 0.3) is 0 Å². The monoisotopic (exact) mass is 116 g/mol. The topological polar surface area (TPSA) is 60.6 Å². The second kappa shape index (κ2) is 2.11. The van der Waals surface area contributed by atoms with Gasteiger partial charge >= 0.3 is 0 Å². The Morgan fingerprint density at radius 3 is 3.00 bits per heavy atom. The van der Waals surface area contributed by atoms with E-state index in [1.54, 1.807) is 0 Å². The van der Waals surface area contributed by atoms with Gasteiger partial charge < -0.3 is 5.11 Å². The van der Waals surface area contributed by atoms with Gasteiger partial charge in [-0.2, -0.15) is 0 Å². The van der Waals surface area contributed by atoms with Crippen molar-refractivity contribution in [3.8, 4) is 0 Å². The number of hydrogen-bond donors (Lipinski definition) is 1. The molecule has 4 heteroatoms. The Morgan fingerprint density at radius 2 is 2.62 bits per heavy atom. The second-order valence-corrected chi connectivity index (χ2v) is 1.57. The van der Waals surface area contributed by atoms with Crippen molar-refractivity contribution in [3.63, 3.8) is 0 Å². The fraction of sp³-hybridized carbons (Fsp3) is 0.750. The van der Waals surface area contributed by atoms with Crippen LogP contribution in [0, 0.1) is 0 Å². The summed E-state index contributed by atoms with van der Waals surface area (Å²) in [5.41, 5.74) is 3.02. The molecule has 8 heavy (non-hydrogen) atoms. The molecule has 45 valence electrons. The maximum atomic E-state index is 10.3. The minimum absolute atomic E-state index is 0.340. The van der Waals surface area contributed by atoms with Crippen LogP contribution >= 0.6 is 0 Å². The van der Waals surface area contributed by atoms with Gasteiger partial charge in [-0.05, 0) is 0 Å². The highest BCUT2D eigenvalue weighted by molar-refractivity contribution is 5.79. The quantitative estimate of drug-likeness (QED) is 0.433. The Kier molecular flexibility index (Phi) is 1.45. The highest BCUT2D eigenvalue weighted by Gasteiger charge is 2.20. The molecule has 1 heterocycles. The first-order chi connectivity index (χ1) is 3.80. The van der Waals surface area contributed by atoms with Crippen LogP contribution in [0.4, 0.5) is 0 Å². The van der Waals surface area contributed by atoms with Gasteiger partial charge in [-0.1, -0.05) is 5.48 Å². The van der Waals surface area contributed by atoms with Crippen LogP contribution in [0.1, 0.15) is 6.42 Å². The first-order valence-corrected chi connectivity index (χ1v) is 2.35. The summed E-state index contributed by atoms with van der Waals surface area (Å²) in [6.45, 7) is 0.340. The number of hydroxylamine groups is 1. The average Bonchev–Trinajstić information content (AvgIpc) is 1.77. The van der Waals surface area contributed by atoms with E-state index < -0.39 is 12.0 Å². The summed E-state index contributed by atoms with van der Waals surface area (Å²) in [6, 6.07) is 0. The summed E-state index contributed by atoms with van der Waals surface area (Å²) in [5.74, 6) is -0.573. The van der Waals surface area contributed by atoms with Gasteiger partial charge in [0.25, 0.3) is 5.91 Å². The van der Waals surface area contributed by atoms with E-state index in [0.717, 1.165) is 0 Å². The molecule has 1 radical (unpaired) electrons. The first kappa shape index (κ1) is 5.53. The van der Waals surface area contributed by atoms with E-state index in [-0.39, 0.29) is 0 Å². The van der Waals surface area contributed by atoms with E-state index in [1.165, 1.54) is 0 Å². The Labute approximate surface area is 46.4 Å². The van der Waals surface area contributed by atoms with E-state index in [0.29, 0.717) is 13.0 Å². The zero-order valence-corrected chi connectivity index (χ0v) is 4.20. The Balaban J connectivity index is 2.39. The molecule has 0 aromatic rings. The minimum atomic E-state index is -0.927. The number of rotatable bonds is 0. The van der Waals surface area contributed by atoms with E-state index >= 15 is 0 Å². The maximum absolute atomic E-state index is 10.3. The summed E-state index contributed by atoms with van der Waals surface area (Å²) in [7, 11) is 0. The smallest absolute Gasteiger partial charge is 0.297 e. The number of amides is 1. The summed E-state index contributed by atoms with van der Waals surface area (Å²) < 4.78 is 0. The van der Waals surface area contributed by atoms with Gasteiger partial charge in [0.15, 0.2) is 0 Å². The van der Waals surface area contributed by atoms with Crippen molar-refractivity contribution in [2.45, 2.75) is 12.5 Å². The zero-order chi connectivity index (χ0) is 5.98. The first-order valence-electron chi connectivity index (χ1n) is 2.35. The highest BCUT2D eigenvalue weighted by atomic mass is 16.7. The van der Waals surface area contributed by atoms with Crippen molar-refractivity contribution in [2.24, 2.45) is 0 Å². The predicted molar refractivity (Wildman–Crippen MR) is 23.7 cm³/mol. The standard InChI is InChI=1S/C4H6NO3/c6-3-1-2-8-5-4(3)7/h3,6H,1-2H2. The third-order valence-corrected chi connectivity index (χ3v) is 0.922. The number of carbonyl (C=O) groups is 1. The molecule has 1 aliphatic rings. The lowest BCUT2D eigenvalue weighted by Gasteiger charge is -2.12. The van der Waals surface area contributed by atoms with Crippen molar-refractivity contribution in [1.29, 1.82) is 0 Å². The summed E-state index contributed by atoms with van der Waals surface area (Å²) in [6.07, 6.45) is -0.564. The number of carbonyl (C=O) groups excluding carboxylic acids is 1.